The normalized spacial score (nSPS) is 18.9. The number of Topliss-reactive ketones (excluding diaryl/α,β-unsaturated/α-hetero) is 1. The zero-order valence-electron chi connectivity index (χ0n) is 9.86. The van der Waals surface area contributed by atoms with Gasteiger partial charge in [0.1, 0.15) is 5.60 Å². The quantitative estimate of drug-likeness (QED) is 0.834. The van der Waals surface area contributed by atoms with Crippen LogP contribution in [-0.2, 0) is 18.3 Å². The number of carbonyl (C=O) groups excluding carboxylic acids is 1. The van der Waals surface area contributed by atoms with Gasteiger partial charge < -0.3 is 5.11 Å². The van der Waals surface area contributed by atoms with Gasteiger partial charge in [0, 0.05) is 12.7 Å². The van der Waals surface area contributed by atoms with Crippen LogP contribution in [0.15, 0.2) is 6.07 Å². The lowest BCUT2D eigenvalue weighted by atomic mass is 9.93. The van der Waals surface area contributed by atoms with Gasteiger partial charge >= 0.3 is 0 Å². The van der Waals surface area contributed by atoms with Crippen molar-refractivity contribution in [3.63, 3.8) is 0 Å². The molecule has 0 atom stereocenters. The predicted octanol–water partition coefficient (Wildman–Crippen LogP) is 1.15. The van der Waals surface area contributed by atoms with Gasteiger partial charge in [-0.05, 0) is 38.7 Å². The Bertz CT molecular complexity index is 403. The van der Waals surface area contributed by atoms with Gasteiger partial charge in [-0.25, -0.2) is 0 Å². The highest BCUT2D eigenvalue weighted by Crippen LogP contribution is 2.31. The molecule has 0 aromatic carbocycles. The van der Waals surface area contributed by atoms with Gasteiger partial charge in [0.2, 0.25) is 0 Å². The highest BCUT2D eigenvalue weighted by molar-refractivity contribution is 5.88. The summed E-state index contributed by atoms with van der Waals surface area (Å²) < 4.78 is 1.71. The maximum Gasteiger partial charge on any atom is 0.170 e. The third kappa shape index (κ3) is 2.02. The second-order valence-corrected chi connectivity index (χ2v) is 4.74. The zero-order valence-corrected chi connectivity index (χ0v) is 9.86. The first-order valence-corrected chi connectivity index (χ1v) is 5.76. The summed E-state index contributed by atoms with van der Waals surface area (Å²) in [5.41, 5.74) is 0.713. The number of aliphatic hydroxyl groups is 1. The molecule has 0 saturated heterocycles. The molecule has 16 heavy (non-hydrogen) atoms. The summed E-state index contributed by atoms with van der Waals surface area (Å²) in [5.74, 6) is -0.0620. The molecule has 4 heteroatoms. The Morgan fingerprint density at radius 1 is 1.56 bits per heavy atom. The van der Waals surface area contributed by atoms with Crippen LogP contribution in [0.25, 0.3) is 0 Å². The first-order valence-electron chi connectivity index (χ1n) is 5.76. The first kappa shape index (κ1) is 11.3. The number of hydrogen-bond donors (Lipinski definition) is 1. The standard InChI is InChI=1S/C12H18N2O2/c1-9-7-10(14(2)13-9)8-11(15)12(16)5-3-4-6-12/h7,16H,3-6,8H2,1-2H3. The van der Waals surface area contributed by atoms with Crippen molar-refractivity contribution in [1.29, 1.82) is 0 Å². The fourth-order valence-electron chi connectivity index (χ4n) is 2.40. The largest absolute Gasteiger partial charge is 0.382 e. The number of ketones is 1. The number of hydrogen-bond acceptors (Lipinski definition) is 3. The molecule has 88 valence electrons. The fourth-order valence-corrected chi connectivity index (χ4v) is 2.40. The molecule has 1 N–H and O–H groups in total. The zero-order chi connectivity index (χ0) is 11.8. The van der Waals surface area contributed by atoms with Gasteiger partial charge in [0.15, 0.2) is 5.78 Å². The summed E-state index contributed by atoms with van der Waals surface area (Å²) in [7, 11) is 1.83. The Labute approximate surface area is 95.3 Å². The summed E-state index contributed by atoms with van der Waals surface area (Å²) in [6.45, 7) is 1.90. The number of nitrogens with zero attached hydrogens (tertiary/aromatic N) is 2. The van der Waals surface area contributed by atoms with Crippen LogP contribution in [0, 0.1) is 6.92 Å². The van der Waals surface area contributed by atoms with Gasteiger partial charge in [-0.2, -0.15) is 5.10 Å². The van der Waals surface area contributed by atoms with Crippen LogP contribution >= 0.6 is 0 Å². The van der Waals surface area contributed by atoms with Crippen molar-refractivity contribution >= 4 is 5.78 Å². The van der Waals surface area contributed by atoms with Crippen molar-refractivity contribution in [1.82, 2.24) is 9.78 Å². The monoisotopic (exact) mass is 222 g/mol. The van der Waals surface area contributed by atoms with Crippen LogP contribution in [0.5, 0.6) is 0 Å². The molecule has 1 aromatic rings. The van der Waals surface area contributed by atoms with E-state index in [1.54, 1.807) is 4.68 Å². The van der Waals surface area contributed by atoms with Crippen LogP contribution < -0.4 is 0 Å². The number of carbonyl (C=O) groups is 1. The van der Waals surface area contributed by atoms with Gasteiger partial charge in [-0.1, -0.05) is 0 Å². The topological polar surface area (TPSA) is 55.1 Å². The summed E-state index contributed by atoms with van der Waals surface area (Å²) in [6.07, 6.45) is 3.42. The van der Waals surface area contributed by atoms with Crippen molar-refractivity contribution in [2.24, 2.45) is 7.05 Å². The number of rotatable bonds is 3. The summed E-state index contributed by atoms with van der Waals surface area (Å²) in [6, 6.07) is 1.90. The highest BCUT2D eigenvalue weighted by Gasteiger charge is 2.38. The molecule has 4 nitrogen and oxygen atoms in total. The molecule has 1 fully saturated rings. The third-order valence-electron chi connectivity index (χ3n) is 3.39. The number of aryl methyl sites for hydroxylation is 2. The third-order valence-corrected chi connectivity index (χ3v) is 3.39. The Kier molecular flexibility index (Phi) is 2.84. The molecule has 1 heterocycles. The van der Waals surface area contributed by atoms with E-state index in [-0.39, 0.29) is 12.2 Å². The van der Waals surface area contributed by atoms with E-state index in [0.717, 1.165) is 24.2 Å². The van der Waals surface area contributed by atoms with Crippen molar-refractivity contribution in [2.75, 3.05) is 0 Å². The summed E-state index contributed by atoms with van der Waals surface area (Å²) >= 11 is 0. The molecule has 1 saturated carbocycles. The van der Waals surface area contributed by atoms with E-state index < -0.39 is 5.60 Å². The van der Waals surface area contributed by atoms with Gasteiger partial charge in [0.25, 0.3) is 0 Å². The van der Waals surface area contributed by atoms with E-state index in [1.165, 1.54) is 0 Å². The minimum atomic E-state index is -1.07. The van der Waals surface area contributed by atoms with Crippen LogP contribution in [0.1, 0.15) is 37.1 Å². The summed E-state index contributed by atoms with van der Waals surface area (Å²) in [4.78, 5) is 12.0. The molecule has 1 aliphatic rings. The van der Waals surface area contributed by atoms with Crippen molar-refractivity contribution < 1.29 is 9.90 Å². The lowest BCUT2D eigenvalue weighted by Crippen LogP contribution is -2.36. The van der Waals surface area contributed by atoms with Crippen molar-refractivity contribution in [3.8, 4) is 0 Å². The Morgan fingerprint density at radius 2 is 2.19 bits per heavy atom. The van der Waals surface area contributed by atoms with E-state index in [9.17, 15) is 9.90 Å². The van der Waals surface area contributed by atoms with Crippen LogP contribution in [0.3, 0.4) is 0 Å². The van der Waals surface area contributed by atoms with Crippen LogP contribution in [-0.4, -0.2) is 26.3 Å². The average Bonchev–Trinajstić information content (AvgIpc) is 2.75. The Balaban J connectivity index is 2.10. The molecule has 0 spiro atoms. The molecule has 0 amide bonds. The van der Waals surface area contributed by atoms with Gasteiger partial charge in [-0.15, -0.1) is 0 Å². The lowest BCUT2D eigenvalue weighted by molar-refractivity contribution is -0.136. The number of aromatic nitrogens is 2. The Morgan fingerprint density at radius 3 is 2.69 bits per heavy atom. The van der Waals surface area contributed by atoms with E-state index in [0.29, 0.717) is 12.8 Å². The minimum Gasteiger partial charge on any atom is -0.382 e. The van der Waals surface area contributed by atoms with E-state index in [4.69, 9.17) is 0 Å². The van der Waals surface area contributed by atoms with Crippen molar-refractivity contribution in [2.45, 2.75) is 44.6 Å². The predicted molar refractivity (Wildman–Crippen MR) is 60.1 cm³/mol. The lowest BCUT2D eigenvalue weighted by Gasteiger charge is -2.20. The Hall–Kier alpha value is -1.16. The fraction of sp³-hybridized carbons (Fsp3) is 0.667. The molecular formula is C12H18N2O2. The minimum absolute atomic E-state index is 0.0620. The van der Waals surface area contributed by atoms with Crippen LogP contribution in [0.2, 0.25) is 0 Å². The van der Waals surface area contributed by atoms with Gasteiger partial charge in [-0.3, -0.25) is 9.48 Å². The highest BCUT2D eigenvalue weighted by atomic mass is 16.3. The summed E-state index contributed by atoms with van der Waals surface area (Å²) in [5, 5.41) is 14.3. The SMILES string of the molecule is Cc1cc(CC(=O)C2(O)CCCC2)n(C)n1. The second-order valence-electron chi connectivity index (χ2n) is 4.74. The van der Waals surface area contributed by atoms with Crippen molar-refractivity contribution in [3.05, 3.63) is 17.5 Å². The molecule has 1 aliphatic carbocycles. The van der Waals surface area contributed by atoms with E-state index >= 15 is 0 Å². The second kappa shape index (κ2) is 4.01. The molecule has 0 radical (unpaired) electrons. The van der Waals surface area contributed by atoms with Gasteiger partial charge in [0.05, 0.1) is 12.1 Å². The molecule has 0 bridgehead atoms. The van der Waals surface area contributed by atoms with E-state index in [1.807, 2.05) is 20.0 Å². The van der Waals surface area contributed by atoms with Crippen LogP contribution in [0.4, 0.5) is 0 Å². The maximum atomic E-state index is 12.0. The molecule has 2 rings (SSSR count). The first-order chi connectivity index (χ1) is 7.51. The molecule has 0 unspecified atom stereocenters. The average molecular weight is 222 g/mol. The molecule has 1 aromatic heterocycles. The molecular weight excluding hydrogens is 204 g/mol. The van der Waals surface area contributed by atoms with E-state index in [2.05, 4.69) is 5.10 Å². The molecule has 0 aliphatic heterocycles. The maximum absolute atomic E-state index is 12.0. The smallest absolute Gasteiger partial charge is 0.170 e.